The SMILES string of the molecule is O=C(Cn1c(=O)oc2cccnc21)C1CCOC1. The molecule has 2 aromatic heterocycles. The third kappa shape index (κ3) is 1.84. The maximum absolute atomic E-state index is 12.0. The highest BCUT2D eigenvalue weighted by Crippen LogP contribution is 2.15. The summed E-state index contributed by atoms with van der Waals surface area (Å²) in [6.45, 7) is 1.04. The van der Waals surface area contributed by atoms with Gasteiger partial charge in [-0.3, -0.25) is 9.36 Å². The maximum atomic E-state index is 12.0. The minimum absolute atomic E-state index is 0.00310. The van der Waals surface area contributed by atoms with Gasteiger partial charge >= 0.3 is 5.76 Å². The number of hydrogen-bond donors (Lipinski definition) is 0. The molecule has 1 fully saturated rings. The standard InChI is InChI=1S/C12H12N2O4/c15-9(8-3-5-17-7-8)6-14-11-10(18-12(14)16)2-1-4-13-11/h1-2,4,8H,3,5-7H2. The van der Waals surface area contributed by atoms with E-state index in [0.29, 0.717) is 24.4 Å². The number of oxazole rings is 1. The Morgan fingerprint density at radius 1 is 1.56 bits per heavy atom. The van der Waals surface area contributed by atoms with Crippen LogP contribution in [0.5, 0.6) is 0 Å². The van der Waals surface area contributed by atoms with E-state index in [1.807, 2.05) is 0 Å². The molecule has 0 aliphatic carbocycles. The summed E-state index contributed by atoms with van der Waals surface area (Å²) in [6.07, 6.45) is 2.29. The van der Waals surface area contributed by atoms with Crippen LogP contribution in [0, 0.1) is 5.92 Å². The summed E-state index contributed by atoms with van der Waals surface area (Å²) in [5, 5.41) is 0. The van der Waals surface area contributed by atoms with Crippen molar-refractivity contribution in [3.8, 4) is 0 Å². The molecule has 1 aliphatic heterocycles. The minimum Gasteiger partial charge on any atom is -0.406 e. The van der Waals surface area contributed by atoms with Gasteiger partial charge in [-0.25, -0.2) is 9.78 Å². The van der Waals surface area contributed by atoms with Gasteiger partial charge in [-0.15, -0.1) is 0 Å². The summed E-state index contributed by atoms with van der Waals surface area (Å²) in [6, 6.07) is 3.34. The number of nitrogens with zero attached hydrogens (tertiary/aromatic N) is 2. The highest BCUT2D eigenvalue weighted by molar-refractivity contribution is 5.82. The predicted molar refractivity (Wildman–Crippen MR) is 62.2 cm³/mol. The van der Waals surface area contributed by atoms with Crippen LogP contribution in [0.2, 0.25) is 0 Å². The second-order valence-corrected chi connectivity index (χ2v) is 4.31. The lowest BCUT2D eigenvalue weighted by atomic mass is 10.0. The van der Waals surface area contributed by atoms with E-state index in [9.17, 15) is 9.59 Å². The Morgan fingerprint density at radius 2 is 2.44 bits per heavy atom. The Kier molecular flexibility index (Phi) is 2.71. The molecule has 0 spiro atoms. The van der Waals surface area contributed by atoms with Crippen LogP contribution in [0.4, 0.5) is 0 Å². The van der Waals surface area contributed by atoms with Gasteiger partial charge in [-0.05, 0) is 18.6 Å². The molecule has 0 N–H and O–H groups in total. The van der Waals surface area contributed by atoms with Crippen LogP contribution in [0.3, 0.4) is 0 Å². The number of fused-ring (bicyclic) bond motifs is 1. The van der Waals surface area contributed by atoms with Crippen molar-refractivity contribution in [1.82, 2.24) is 9.55 Å². The topological polar surface area (TPSA) is 74.3 Å². The van der Waals surface area contributed by atoms with E-state index in [4.69, 9.17) is 9.15 Å². The first-order valence-corrected chi connectivity index (χ1v) is 5.80. The Balaban J connectivity index is 1.92. The number of ether oxygens (including phenoxy) is 1. The van der Waals surface area contributed by atoms with E-state index in [-0.39, 0.29) is 18.2 Å². The lowest BCUT2D eigenvalue weighted by Crippen LogP contribution is -2.25. The molecule has 0 amide bonds. The summed E-state index contributed by atoms with van der Waals surface area (Å²) in [7, 11) is 0. The number of carbonyl (C=O) groups is 1. The number of ketones is 1. The maximum Gasteiger partial charge on any atom is 0.421 e. The van der Waals surface area contributed by atoms with E-state index in [1.54, 1.807) is 18.3 Å². The van der Waals surface area contributed by atoms with E-state index in [0.717, 1.165) is 6.42 Å². The Hall–Kier alpha value is -1.95. The van der Waals surface area contributed by atoms with Gasteiger partial charge in [0, 0.05) is 18.7 Å². The molecule has 1 saturated heterocycles. The third-order valence-corrected chi connectivity index (χ3v) is 3.12. The number of pyridine rings is 1. The van der Waals surface area contributed by atoms with Crippen LogP contribution in [0.1, 0.15) is 6.42 Å². The number of carbonyl (C=O) groups excluding carboxylic acids is 1. The molecule has 0 radical (unpaired) electrons. The van der Waals surface area contributed by atoms with Gasteiger partial charge < -0.3 is 9.15 Å². The van der Waals surface area contributed by atoms with Gasteiger partial charge in [-0.1, -0.05) is 0 Å². The average molecular weight is 248 g/mol. The van der Waals surface area contributed by atoms with E-state index in [2.05, 4.69) is 4.98 Å². The van der Waals surface area contributed by atoms with Crippen molar-refractivity contribution in [3.63, 3.8) is 0 Å². The Bertz CT molecular complexity index is 637. The number of aromatic nitrogens is 2. The quantitative estimate of drug-likeness (QED) is 0.795. The lowest BCUT2D eigenvalue weighted by molar-refractivity contribution is -0.123. The van der Waals surface area contributed by atoms with Crippen molar-refractivity contribution in [2.24, 2.45) is 5.92 Å². The van der Waals surface area contributed by atoms with Gasteiger partial charge in [0.1, 0.15) is 0 Å². The lowest BCUT2D eigenvalue weighted by Gasteiger charge is -2.06. The molecule has 1 aliphatic rings. The smallest absolute Gasteiger partial charge is 0.406 e. The summed E-state index contributed by atoms with van der Waals surface area (Å²) in [4.78, 5) is 27.7. The molecule has 0 saturated carbocycles. The molecule has 1 atom stereocenters. The van der Waals surface area contributed by atoms with Crippen LogP contribution in [-0.4, -0.2) is 28.5 Å². The van der Waals surface area contributed by atoms with Gasteiger partial charge in [-0.2, -0.15) is 0 Å². The van der Waals surface area contributed by atoms with Crippen molar-refractivity contribution >= 4 is 17.0 Å². The predicted octanol–water partition coefficient (Wildman–Crippen LogP) is 0.595. The number of rotatable bonds is 3. The van der Waals surface area contributed by atoms with Crippen LogP contribution in [0.15, 0.2) is 27.5 Å². The minimum atomic E-state index is -0.545. The summed E-state index contributed by atoms with van der Waals surface area (Å²) >= 11 is 0. The van der Waals surface area contributed by atoms with Crippen molar-refractivity contribution in [1.29, 1.82) is 0 Å². The molecular weight excluding hydrogens is 236 g/mol. The molecule has 6 nitrogen and oxygen atoms in total. The van der Waals surface area contributed by atoms with Gasteiger partial charge in [0.2, 0.25) is 0 Å². The third-order valence-electron chi connectivity index (χ3n) is 3.12. The first-order valence-electron chi connectivity index (χ1n) is 5.80. The van der Waals surface area contributed by atoms with Crippen molar-refractivity contribution in [2.45, 2.75) is 13.0 Å². The molecule has 18 heavy (non-hydrogen) atoms. The van der Waals surface area contributed by atoms with Gasteiger partial charge in [0.15, 0.2) is 17.0 Å². The van der Waals surface area contributed by atoms with Crippen LogP contribution < -0.4 is 5.76 Å². The molecule has 3 rings (SSSR count). The fraction of sp³-hybridized carbons (Fsp3) is 0.417. The largest absolute Gasteiger partial charge is 0.421 e. The Morgan fingerprint density at radius 3 is 3.22 bits per heavy atom. The van der Waals surface area contributed by atoms with E-state index in [1.165, 1.54) is 4.57 Å². The molecule has 0 aromatic carbocycles. The normalized spacial score (nSPS) is 19.4. The second-order valence-electron chi connectivity index (χ2n) is 4.31. The molecule has 3 heterocycles. The zero-order valence-corrected chi connectivity index (χ0v) is 9.67. The molecular formula is C12H12N2O4. The molecule has 6 heteroatoms. The highest BCUT2D eigenvalue weighted by atomic mass is 16.5. The first kappa shape index (κ1) is 11.2. The fourth-order valence-corrected chi connectivity index (χ4v) is 2.11. The summed E-state index contributed by atoms with van der Waals surface area (Å²) in [5.41, 5.74) is 0.813. The zero-order valence-electron chi connectivity index (χ0n) is 9.67. The van der Waals surface area contributed by atoms with Gasteiger partial charge in [0.25, 0.3) is 0 Å². The second kappa shape index (κ2) is 4.38. The van der Waals surface area contributed by atoms with Crippen LogP contribution in [-0.2, 0) is 16.1 Å². The summed E-state index contributed by atoms with van der Waals surface area (Å²) < 4.78 is 11.5. The molecule has 0 bridgehead atoms. The van der Waals surface area contributed by atoms with E-state index >= 15 is 0 Å². The van der Waals surface area contributed by atoms with Crippen LogP contribution in [0.25, 0.3) is 11.2 Å². The zero-order chi connectivity index (χ0) is 12.5. The molecule has 1 unspecified atom stereocenters. The van der Waals surface area contributed by atoms with Crippen molar-refractivity contribution in [3.05, 3.63) is 28.9 Å². The number of hydrogen-bond acceptors (Lipinski definition) is 5. The van der Waals surface area contributed by atoms with Gasteiger partial charge in [0.05, 0.1) is 13.2 Å². The first-order chi connectivity index (χ1) is 8.75. The van der Waals surface area contributed by atoms with E-state index < -0.39 is 5.76 Å². The highest BCUT2D eigenvalue weighted by Gasteiger charge is 2.25. The average Bonchev–Trinajstić information content (AvgIpc) is 2.98. The van der Waals surface area contributed by atoms with Crippen molar-refractivity contribution < 1.29 is 13.9 Å². The fourth-order valence-electron chi connectivity index (χ4n) is 2.11. The van der Waals surface area contributed by atoms with Crippen molar-refractivity contribution in [2.75, 3.05) is 13.2 Å². The molecule has 2 aromatic rings. The van der Waals surface area contributed by atoms with Crippen LogP contribution >= 0.6 is 0 Å². The summed E-state index contributed by atoms with van der Waals surface area (Å²) in [5.74, 6) is -0.676. The molecule has 94 valence electrons. The Labute approximate surface area is 102 Å². The number of Topliss-reactive ketones (excluding diaryl/α,β-unsaturated/α-hetero) is 1. The monoisotopic (exact) mass is 248 g/mol.